The highest BCUT2D eigenvalue weighted by atomic mass is 35.5. The van der Waals surface area contributed by atoms with Gasteiger partial charge in [-0.25, -0.2) is 0 Å². The molecule has 0 unspecified atom stereocenters. The summed E-state index contributed by atoms with van der Waals surface area (Å²) in [5, 5.41) is 10.2. The second kappa shape index (κ2) is 9.16. The van der Waals surface area contributed by atoms with Crippen LogP contribution < -0.4 is 4.74 Å². The number of ether oxygens (including phenoxy) is 1. The smallest absolute Gasteiger partial charge is 0.191 e. The second-order valence-electron chi connectivity index (χ2n) is 6.49. The van der Waals surface area contributed by atoms with Crippen LogP contribution in [0.5, 0.6) is 5.75 Å². The van der Waals surface area contributed by atoms with Crippen molar-refractivity contribution in [1.82, 2.24) is 14.8 Å². The summed E-state index contributed by atoms with van der Waals surface area (Å²) in [6.45, 7) is 1.04. The number of halogens is 1. The largest absolute Gasteiger partial charge is 0.486 e. The lowest BCUT2D eigenvalue weighted by molar-refractivity contribution is 0.289. The maximum absolute atomic E-state index is 5.93. The lowest BCUT2D eigenvalue weighted by Crippen LogP contribution is -2.09. The van der Waals surface area contributed by atoms with Crippen molar-refractivity contribution >= 4 is 23.4 Å². The summed E-state index contributed by atoms with van der Waals surface area (Å²) in [7, 11) is 0. The number of benzene rings is 3. The minimum absolute atomic E-state index is 0.345. The molecule has 0 amide bonds. The molecule has 4 nitrogen and oxygen atoms in total. The standard InChI is InChI=1S/C23H20ClN3OS/c1-29-23-26-25-22(16-28-21-13-11-20(24)12-14-21)27(23)15-17-7-9-19(10-8-17)18-5-3-2-4-6-18/h2-14H,15-16H2,1H3. The van der Waals surface area contributed by atoms with Gasteiger partial charge in [-0.15, -0.1) is 10.2 Å². The van der Waals surface area contributed by atoms with Crippen LogP contribution in [0.3, 0.4) is 0 Å². The van der Waals surface area contributed by atoms with Crippen LogP contribution in [0.1, 0.15) is 11.4 Å². The zero-order valence-corrected chi connectivity index (χ0v) is 17.5. The predicted molar refractivity (Wildman–Crippen MR) is 119 cm³/mol. The normalized spacial score (nSPS) is 10.8. The van der Waals surface area contributed by atoms with E-state index >= 15 is 0 Å². The van der Waals surface area contributed by atoms with Gasteiger partial charge in [-0.05, 0) is 47.2 Å². The maximum atomic E-state index is 5.93. The van der Waals surface area contributed by atoms with Crippen LogP contribution in [0.15, 0.2) is 84.0 Å². The number of thioether (sulfide) groups is 1. The molecule has 0 N–H and O–H groups in total. The SMILES string of the molecule is CSc1nnc(COc2ccc(Cl)cc2)n1Cc1ccc(-c2ccccc2)cc1. The van der Waals surface area contributed by atoms with Gasteiger partial charge >= 0.3 is 0 Å². The van der Waals surface area contributed by atoms with Crippen molar-refractivity contribution in [2.75, 3.05) is 6.26 Å². The van der Waals surface area contributed by atoms with Crippen molar-refractivity contribution in [3.8, 4) is 16.9 Å². The molecule has 0 atom stereocenters. The number of hydrogen-bond acceptors (Lipinski definition) is 4. The van der Waals surface area contributed by atoms with Crippen LogP contribution in [0.2, 0.25) is 5.02 Å². The van der Waals surface area contributed by atoms with Crippen molar-refractivity contribution in [3.05, 3.63) is 95.3 Å². The molecular weight excluding hydrogens is 402 g/mol. The Balaban J connectivity index is 1.50. The van der Waals surface area contributed by atoms with E-state index in [0.29, 0.717) is 18.2 Å². The first-order valence-corrected chi connectivity index (χ1v) is 10.8. The molecule has 0 spiro atoms. The molecule has 0 aliphatic carbocycles. The number of hydrogen-bond donors (Lipinski definition) is 0. The summed E-state index contributed by atoms with van der Waals surface area (Å²) in [5.41, 5.74) is 3.60. The van der Waals surface area contributed by atoms with Gasteiger partial charge < -0.3 is 4.74 Å². The average molecular weight is 422 g/mol. The van der Waals surface area contributed by atoms with Crippen LogP contribution >= 0.6 is 23.4 Å². The van der Waals surface area contributed by atoms with E-state index in [0.717, 1.165) is 16.7 Å². The van der Waals surface area contributed by atoms with Gasteiger partial charge in [-0.1, -0.05) is 78.0 Å². The summed E-state index contributed by atoms with van der Waals surface area (Å²) in [6, 6.07) is 26.3. The summed E-state index contributed by atoms with van der Waals surface area (Å²) < 4.78 is 7.96. The third kappa shape index (κ3) is 4.81. The Labute approximate surface area is 179 Å². The summed E-state index contributed by atoms with van der Waals surface area (Å²) in [5.74, 6) is 1.54. The Morgan fingerprint density at radius 2 is 1.55 bits per heavy atom. The van der Waals surface area contributed by atoms with Gasteiger partial charge in [0.1, 0.15) is 12.4 Å². The van der Waals surface area contributed by atoms with E-state index in [4.69, 9.17) is 16.3 Å². The minimum Gasteiger partial charge on any atom is -0.486 e. The Hall–Kier alpha value is -2.76. The molecule has 6 heteroatoms. The topological polar surface area (TPSA) is 39.9 Å². The Bertz CT molecular complexity index is 1060. The lowest BCUT2D eigenvalue weighted by atomic mass is 10.0. The fourth-order valence-electron chi connectivity index (χ4n) is 3.03. The first kappa shape index (κ1) is 19.6. The molecule has 0 saturated heterocycles. The van der Waals surface area contributed by atoms with Crippen LogP contribution in [0.4, 0.5) is 0 Å². The molecule has 1 heterocycles. The number of aromatic nitrogens is 3. The minimum atomic E-state index is 0.345. The van der Waals surface area contributed by atoms with E-state index in [2.05, 4.69) is 63.3 Å². The summed E-state index contributed by atoms with van der Waals surface area (Å²) >= 11 is 7.51. The summed E-state index contributed by atoms with van der Waals surface area (Å²) in [4.78, 5) is 0. The quantitative estimate of drug-likeness (QED) is 0.346. The molecule has 0 aliphatic heterocycles. The summed E-state index contributed by atoms with van der Waals surface area (Å²) in [6.07, 6.45) is 2.00. The van der Waals surface area contributed by atoms with Crippen molar-refractivity contribution in [2.24, 2.45) is 0 Å². The highest BCUT2D eigenvalue weighted by Gasteiger charge is 2.13. The van der Waals surface area contributed by atoms with E-state index in [1.54, 1.807) is 11.8 Å². The Kier molecular flexibility index (Phi) is 6.17. The van der Waals surface area contributed by atoms with Crippen molar-refractivity contribution in [2.45, 2.75) is 18.3 Å². The Morgan fingerprint density at radius 3 is 2.24 bits per heavy atom. The van der Waals surface area contributed by atoms with Gasteiger partial charge in [0.15, 0.2) is 11.0 Å². The fourth-order valence-corrected chi connectivity index (χ4v) is 3.67. The average Bonchev–Trinajstić information content (AvgIpc) is 3.16. The molecule has 0 radical (unpaired) electrons. The van der Waals surface area contributed by atoms with E-state index in [1.807, 2.05) is 36.6 Å². The van der Waals surface area contributed by atoms with Gasteiger partial charge in [0.25, 0.3) is 0 Å². The molecule has 0 fully saturated rings. The van der Waals surface area contributed by atoms with Crippen molar-refractivity contribution in [3.63, 3.8) is 0 Å². The van der Waals surface area contributed by atoms with Crippen LogP contribution in [-0.2, 0) is 13.2 Å². The van der Waals surface area contributed by atoms with Crippen LogP contribution in [0, 0.1) is 0 Å². The van der Waals surface area contributed by atoms with Gasteiger partial charge in [-0.2, -0.15) is 0 Å². The molecule has 0 aliphatic rings. The van der Waals surface area contributed by atoms with E-state index in [-0.39, 0.29) is 0 Å². The third-order valence-corrected chi connectivity index (χ3v) is 5.48. The van der Waals surface area contributed by atoms with Gasteiger partial charge in [0.05, 0.1) is 6.54 Å². The lowest BCUT2D eigenvalue weighted by Gasteiger charge is -2.11. The molecule has 146 valence electrons. The zero-order chi connectivity index (χ0) is 20.1. The van der Waals surface area contributed by atoms with Crippen molar-refractivity contribution in [1.29, 1.82) is 0 Å². The first-order valence-electron chi connectivity index (χ1n) is 9.22. The van der Waals surface area contributed by atoms with E-state index in [1.165, 1.54) is 16.7 Å². The predicted octanol–water partition coefficient (Wildman–Crippen LogP) is 5.95. The first-order chi connectivity index (χ1) is 14.2. The molecule has 0 bridgehead atoms. The molecule has 0 saturated carbocycles. The van der Waals surface area contributed by atoms with Gasteiger partial charge in [0, 0.05) is 5.02 Å². The second-order valence-corrected chi connectivity index (χ2v) is 7.70. The molecule has 4 rings (SSSR count). The highest BCUT2D eigenvalue weighted by molar-refractivity contribution is 7.98. The fraction of sp³-hybridized carbons (Fsp3) is 0.130. The Morgan fingerprint density at radius 1 is 0.862 bits per heavy atom. The maximum Gasteiger partial charge on any atom is 0.191 e. The number of rotatable bonds is 7. The van der Waals surface area contributed by atoms with Crippen LogP contribution in [-0.4, -0.2) is 21.0 Å². The monoisotopic (exact) mass is 421 g/mol. The zero-order valence-electron chi connectivity index (χ0n) is 16.0. The van der Waals surface area contributed by atoms with Crippen LogP contribution in [0.25, 0.3) is 11.1 Å². The molecule has 1 aromatic heterocycles. The van der Waals surface area contributed by atoms with E-state index in [9.17, 15) is 0 Å². The molecule has 3 aromatic carbocycles. The molecular formula is C23H20ClN3OS. The van der Waals surface area contributed by atoms with Gasteiger partial charge in [-0.3, -0.25) is 4.57 Å². The van der Waals surface area contributed by atoms with Crippen molar-refractivity contribution < 1.29 is 4.74 Å². The molecule has 4 aromatic rings. The number of nitrogens with zero attached hydrogens (tertiary/aromatic N) is 3. The van der Waals surface area contributed by atoms with Gasteiger partial charge in [0.2, 0.25) is 0 Å². The highest BCUT2D eigenvalue weighted by Crippen LogP contribution is 2.22. The third-order valence-electron chi connectivity index (χ3n) is 4.56. The van der Waals surface area contributed by atoms with E-state index < -0.39 is 0 Å². The molecule has 29 heavy (non-hydrogen) atoms.